The van der Waals surface area contributed by atoms with Gasteiger partial charge in [-0.3, -0.25) is 4.79 Å². The minimum absolute atomic E-state index is 0.106. The standard InChI is InChI=1S/C18H22N2O3/c1-4-15-16(13(3)23-19-15)17(21)20-10-9-18(22,11-20)14-8-6-5-7-12(14)2/h5-8,22H,4,9-11H2,1-3H3/t18-/m1/s1. The van der Waals surface area contributed by atoms with Crippen molar-refractivity contribution in [2.75, 3.05) is 13.1 Å². The van der Waals surface area contributed by atoms with E-state index in [-0.39, 0.29) is 5.91 Å². The van der Waals surface area contributed by atoms with Crippen LogP contribution in [0.2, 0.25) is 0 Å². The zero-order chi connectivity index (χ0) is 16.6. The average Bonchev–Trinajstić information content (AvgIpc) is 3.11. The molecule has 2 aromatic rings. The zero-order valence-corrected chi connectivity index (χ0v) is 13.8. The molecule has 1 atom stereocenters. The number of aryl methyl sites for hydroxylation is 3. The first-order chi connectivity index (χ1) is 11.0. The first-order valence-corrected chi connectivity index (χ1v) is 7.99. The highest BCUT2D eigenvalue weighted by Gasteiger charge is 2.41. The lowest BCUT2D eigenvalue weighted by molar-refractivity contribution is 0.0411. The second-order valence-electron chi connectivity index (χ2n) is 6.24. The van der Waals surface area contributed by atoms with Crippen LogP contribution in [0.1, 0.15) is 46.3 Å². The van der Waals surface area contributed by atoms with Gasteiger partial charge < -0.3 is 14.5 Å². The summed E-state index contributed by atoms with van der Waals surface area (Å²) in [6, 6.07) is 7.79. The second-order valence-corrected chi connectivity index (χ2v) is 6.24. The van der Waals surface area contributed by atoms with Gasteiger partial charge in [0.25, 0.3) is 5.91 Å². The number of nitrogens with zero attached hydrogens (tertiary/aromatic N) is 2. The molecular formula is C18H22N2O3. The molecule has 5 heteroatoms. The van der Waals surface area contributed by atoms with E-state index in [1.54, 1.807) is 11.8 Å². The number of rotatable bonds is 3. The number of benzene rings is 1. The van der Waals surface area contributed by atoms with Gasteiger partial charge in [0.1, 0.15) is 16.9 Å². The number of aromatic nitrogens is 1. The molecule has 1 aliphatic heterocycles. The van der Waals surface area contributed by atoms with Gasteiger partial charge >= 0.3 is 0 Å². The topological polar surface area (TPSA) is 66.6 Å². The van der Waals surface area contributed by atoms with Gasteiger partial charge in [-0.1, -0.05) is 36.3 Å². The van der Waals surface area contributed by atoms with Gasteiger partial charge in [-0.2, -0.15) is 0 Å². The molecule has 1 aliphatic rings. The Morgan fingerprint density at radius 2 is 2.13 bits per heavy atom. The van der Waals surface area contributed by atoms with E-state index in [1.165, 1.54) is 0 Å². The molecule has 1 fully saturated rings. The van der Waals surface area contributed by atoms with Gasteiger partial charge in [0, 0.05) is 6.54 Å². The average molecular weight is 314 g/mol. The van der Waals surface area contributed by atoms with Crippen molar-refractivity contribution in [3.05, 3.63) is 52.4 Å². The SMILES string of the molecule is CCc1noc(C)c1C(=O)N1CC[C@](O)(c2ccccc2C)C1. The van der Waals surface area contributed by atoms with Gasteiger partial charge in [0.05, 0.1) is 12.2 Å². The lowest BCUT2D eigenvalue weighted by atomic mass is 9.89. The van der Waals surface area contributed by atoms with Crippen molar-refractivity contribution < 1.29 is 14.4 Å². The summed E-state index contributed by atoms with van der Waals surface area (Å²) < 4.78 is 5.16. The molecule has 1 aromatic heterocycles. The van der Waals surface area contributed by atoms with Crippen LogP contribution in [0.4, 0.5) is 0 Å². The first-order valence-electron chi connectivity index (χ1n) is 7.99. The number of carbonyl (C=O) groups is 1. The second kappa shape index (κ2) is 5.81. The van der Waals surface area contributed by atoms with Crippen molar-refractivity contribution in [2.24, 2.45) is 0 Å². The molecule has 0 saturated carbocycles. The highest BCUT2D eigenvalue weighted by Crippen LogP contribution is 2.34. The summed E-state index contributed by atoms with van der Waals surface area (Å²) in [4.78, 5) is 14.5. The van der Waals surface area contributed by atoms with Crippen LogP contribution in [0.15, 0.2) is 28.8 Å². The minimum Gasteiger partial charge on any atom is -0.383 e. The summed E-state index contributed by atoms with van der Waals surface area (Å²) in [6.07, 6.45) is 1.18. The number of amides is 1. The van der Waals surface area contributed by atoms with Crippen LogP contribution in [-0.4, -0.2) is 34.2 Å². The number of β-amino-alcohol motifs (C(OH)–C–C–N with tert-alkyl or cyclic N) is 1. The quantitative estimate of drug-likeness (QED) is 0.945. The summed E-state index contributed by atoms with van der Waals surface area (Å²) >= 11 is 0. The summed E-state index contributed by atoms with van der Waals surface area (Å²) in [7, 11) is 0. The van der Waals surface area contributed by atoms with Crippen LogP contribution >= 0.6 is 0 Å². The third-order valence-corrected chi connectivity index (χ3v) is 4.66. The molecule has 0 unspecified atom stereocenters. The Hall–Kier alpha value is -2.14. The van der Waals surface area contributed by atoms with Gasteiger partial charge in [-0.25, -0.2) is 0 Å². The molecule has 1 saturated heterocycles. The maximum atomic E-state index is 12.8. The van der Waals surface area contributed by atoms with Crippen molar-refractivity contribution >= 4 is 5.91 Å². The zero-order valence-electron chi connectivity index (χ0n) is 13.8. The molecule has 2 heterocycles. The molecule has 5 nitrogen and oxygen atoms in total. The van der Waals surface area contributed by atoms with Crippen LogP contribution in [0.25, 0.3) is 0 Å². The number of hydrogen-bond donors (Lipinski definition) is 1. The molecule has 0 radical (unpaired) electrons. The monoisotopic (exact) mass is 314 g/mol. The lowest BCUT2D eigenvalue weighted by Gasteiger charge is -2.25. The summed E-state index contributed by atoms with van der Waals surface area (Å²) in [5, 5.41) is 15.0. The number of likely N-dealkylation sites (tertiary alicyclic amines) is 1. The van der Waals surface area contributed by atoms with E-state index in [1.807, 2.05) is 38.1 Å². The number of aliphatic hydroxyl groups is 1. The smallest absolute Gasteiger partial charge is 0.259 e. The third-order valence-electron chi connectivity index (χ3n) is 4.66. The molecule has 23 heavy (non-hydrogen) atoms. The Balaban J connectivity index is 1.86. The largest absolute Gasteiger partial charge is 0.383 e. The van der Waals surface area contributed by atoms with E-state index in [9.17, 15) is 9.90 Å². The molecule has 1 aromatic carbocycles. The minimum atomic E-state index is -0.988. The maximum Gasteiger partial charge on any atom is 0.259 e. The molecule has 0 bridgehead atoms. The van der Waals surface area contributed by atoms with Gasteiger partial charge in [0.2, 0.25) is 0 Å². The van der Waals surface area contributed by atoms with E-state index >= 15 is 0 Å². The van der Waals surface area contributed by atoms with Crippen LogP contribution in [0, 0.1) is 13.8 Å². The molecule has 0 spiro atoms. The van der Waals surface area contributed by atoms with Crippen molar-refractivity contribution in [3.63, 3.8) is 0 Å². The van der Waals surface area contributed by atoms with Gasteiger partial charge in [-0.15, -0.1) is 0 Å². The fraction of sp³-hybridized carbons (Fsp3) is 0.444. The van der Waals surface area contributed by atoms with Crippen LogP contribution in [0.5, 0.6) is 0 Å². The van der Waals surface area contributed by atoms with E-state index in [0.717, 1.165) is 11.1 Å². The predicted octanol–water partition coefficient (Wildman–Crippen LogP) is 2.59. The highest BCUT2D eigenvalue weighted by molar-refractivity contribution is 5.96. The fourth-order valence-corrected chi connectivity index (χ4v) is 3.37. The van der Waals surface area contributed by atoms with Crippen LogP contribution in [-0.2, 0) is 12.0 Å². The van der Waals surface area contributed by atoms with Crippen molar-refractivity contribution in [3.8, 4) is 0 Å². The van der Waals surface area contributed by atoms with Crippen LogP contribution in [0.3, 0.4) is 0 Å². The van der Waals surface area contributed by atoms with E-state index in [0.29, 0.717) is 42.9 Å². The Bertz CT molecular complexity index is 738. The van der Waals surface area contributed by atoms with E-state index < -0.39 is 5.60 Å². The summed E-state index contributed by atoms with van der Waals surface area (Å²) in [5.74, 6) is 0.434. The molecule has 1 N–H and O–H groups in total. The normalized spacial score (nSPS) is 21.0. The molecule has 0 aliphatic carbocycles. The predicted molar refractivity (Wildman–Crippen MR) is 86.2 cm³/mol. The molecular weight excluding hydrogens is 292 g/mol. The first kappa shape index (κ1) is 15.7. The summed E-state index contributed by atoms with van der Waals surface area (Å²) in [6.45, 7) is 6.50. The third kappa shape index (κ3) is 2.65. The fourth-order valence-electron chi connectivity index (χ4n) is 3.37. The van der Waals surface area contributed by atoms with Crippen molar-refractivity contribution in [1.29, 1.82) is 0 Å². The number of hydrogen-bond acceptors (Lipinski definition) is 4. The highest BCUT2D eigenvalue weighted by atomic mass is 16.5. The Morgan fingerprint density at radius 1 is 1.39 bits per heavy atom. The summed E-state index contributed by atoms with van der Waals surface area (Å²) in [5.41, 5.74) is 2.17. The molecule has 1 amide bonds. The van der Waals surface area contributed by atoms with E-state index in [2.05, 4.69) is 5.16 Å². The molecule has 122 valence electrons. The lowest BCUT2D eigenvalue weighted by Crippen LogP contribution is -2.35. The molecule has 3 rings (SSSR count). The Labute approximate surface area is 135 Å². The van der Waals surface area contributed by atoms with Crippen LogP contribution < -0.4 is 0 Å². The van der Waals surface area contributed by atoms with E-state index in [4.69, 9.17) is 4.52 Å². The Morgan fingerprint density at radius 3 is 2.83 bits per heavy atom. The van der Waals surface area contributed by atoms with Crippen molar-refractivity contribution in [1.82, 2.24) is 10.1 Å². The van der Waals surface area contributed by atoms with Gasteiger partial charge in [-0.05, 0) is 37.8 Å². The van der Waals surface area contributed by atoms with Gasteiger partial charge in [0.15, 0.2) is 0 Å². The van der Waals surface area contributed by atoms with Crippen molar-refractivity contribution in [2.45, 2.75) is 39.2 Å². The Kier molecular flexibility index (Phi) is 3.98. The maximum absolute atomic E-state index is 12.8. The number of carbonyl (C=O) groups excluding carboxylic acids is 1.